The molecule has 0 saturated heterocycles. The normalized spacial score (nSPS) is 12.0. The van der Waals surface area contributed by atoms with Crippen molar-refractivity contribution in [3.8, 4) is 11.3 Å². The molecule has 1 aromatic heterocycles. The fraction of sp³-hybridized carbons (Fsp3) is 0.273. The van der Waals surface area contributed by atoms with Crippen molar-refractivity contribution in [1.82, 2.24) is 9.78 Å². The average Bonchev–Trinajstić information content (AvgIpc) is 3.15. The van der Waals surface area contributed by atoms with Crippen molar-refractivity contribution in [3.05, 3.63) is 74.9 Å². The minimum atomic E-state index is -0.368. The van der Waals surface area contributed by atoms with Crippen LogP contribution >= 0.6 is 11.6 Å². The van der Waals surface area contributed by atoms with Crippen molar-refractivity contribution in [3.63, 3.8) is 0 Å². The zero-order valence-electron chi connectivity index (χ0n) is 15.7. The number of hydrogen-bond donors (Lipinski definition) is 0. The molecule has 1 aliphatic rings. The topological polar surface area (TPSA) is 44.1 Å². The number of carbonyl (C=O) groups is 1. The lowest BCUT2D eigenvalue weighted by atomic mass is 10.1. The van der Waals surface area contributed by atoms with Crippen molar-refractivity contribution < 1.29 is 9.53 Å². The van der Waals surface area contributed by atoms with E-state index in [1.807, 2.05) is 17.7 Å². The highest BCUT2D eigenvalue weighted by Crippen LogP contribution is 2.41. The monoisotopic (exact) mass is 380 g/mol. The zero-order valence-corrected chi connectivity index (χ0v) is 16.4. The molecule has 3 aromatic rings. The zero-order chi connectivity index (χ0) is 19.1. The summed E-state index contributed by atoms with van der Waals surface area (Å²) in [5.41, 5.74) is 7.91. The lowest BCUT2D eigenvalue weighted by molar-refractivity contribution is 0.0517. The molecule has 0 saturated carbocycles. The third-order valence-corrected chi connectivity index (χ3v) is 5.39. The molecule has 1 heterocycles. The largest absolute Gasteiger partial charge is 0.461 e. The number of carbonyl (C=O) groups excluding carboxylic acids is 1. The summed E-state index contributed by atoms with van der Waals surface area (Å²) in [7, 11) is 0. The minimum absolute atomic E-state index is 0.330. The van der Waals surface area contributed by atoms with Gasteiger partial charge < -0.3 is 4.74 Å². The molecule has 4 nitrogen and oxygen atoms in total. The van der Waals surface area contributed by atoms with Gasteiger partial charge in [0.2, 0.25) is 0 Å². The van der Waals surface area contributed by atoms with Gasteiger partial charge in [0.1, 0.15) is 0 Å². The van der Waals surface area contributed by atoms with Crippen molar-refractivity contribution >= 4 is 17.6 Å². The molecule has 27 heavy (non-hydrogen) atoms. The molecular weight excluding hydrogens is 360 g/mol. The number of aromatic nitrogens is 2. The Morgan fingerprint density at radius 3 is 2.67 bits per heavy atom. The highest BCUT2D eigenvalue weighted by atomic mass is 35.5. The van der Waals surface area contributed by atoms with Gasteiger partial charge in [-0.25, -0.2) is 4.79 Å². The molecule has 4 rings (SSSR count). The van der Waals surface area contributed by atoms with Crippen LogP contribution in [-0.2, 0) is 17.7 Å². The molecule has 0 aliphatic heterocycles. The van der Waals surface area contributed by atoms with Crippen LogP contribution in [0.15, 0.2) is 36.4 Å². The third-order valence-electron chi connectivity index (χ3n) is 4.98. The Morgan fingerprint density at radius 2 is 1.96 bits per heavy atom. The first-order chi connectivity index (χ1) is 13.0. The summed E-state index contributed by atoms with van der Waals surface area (Å²) >= 11 is 6.39. The van der Waals surface area contributed by atoms with Gasteiger partial charge in [-0.05, 0) is 43.5 Å². The molecule has 138 valence electrons. The van der Waals surface area contributed by atoms with Crippen LogP contribution in [0.3, 0.4) is 0 Å². The quantitative estimate of drug-likeness (QED) is 0.470. The van der Waals surface area contributed by atoms with E-state index in [4.69, 9.17) is 16.3 Å². The van der Waals surface area contributed by atoms with Gasteiger partial charge >= 0.3 is 5.97 Å². The SMILES string of the molecule is CCOC(=O)c1nn(Cc2ccc(C)cc2)c2c1Cc1cc(C)c(Cl)cc1-2. The van der Waals surface area contributed by atoms with Gasteiger partial charge in [0, 0.05) is 22.6 Å². The van der Waals surface area contributed by atoms with Crippen LogP contribution < -0.4 is 0 Å². The van der Waals surface area contributed by atoms with E-state index in [1.54, 1.807) is 6.92 Å². The maximum atomic E-state index is 12.5. The fourth-order valence-electron chi connectivity index (χ4n) is 3.61. The number of esters is 1. The van der Waals surface area contributed by atoms with E-state index in [2.05, 4.69) is 42.4 Å². The van der Waals surface area contributed by atoms with E-state index < -0.39 is 0 Å². The summed E-state index contributed by atoms with van der Waals surface area (Å²) in [5, 5.41) is 5.34. The maximum Gasteiger partial charge on any atom is 0.359 e. The van der Waals surface area contributed by atoms with Gasteiger partial charge in [-0.2, -0.15) is 5.10 Å². The van der Waals surface area contributed by atoms with Crippen LogP contribution in [0, 0.1) is 13.8 Å². The Morgan fingerprint density at radius 1 is 1.22 bits per heavy atom. The van der Waals surface area contributed by atoms with Crippen LogP contribution in [0.2, 0.25) is 5.02 Å². The van der Waals surface area contributed by atoms with Crippen LogP contribution in [0.25, 0.3) is 11.3 Å². The lowest BCUT2D eigenvalue weighted by Gasteiger charge is -2.10. The Kier molecular flexibility index (Phi) is 4.52. The van der Waals surface area contributed by atoms with Crippen LogP contribution in [-0.4, -0.2) is 22.4 Å². The summed E-state index contributed by atoms with van der Waals surface area (Å²) in [6.45, 7) is 6.79. The summed E-state index contributed by atoms with van der Waals surface area (Å²) in [6, 6.07) is 12.4. The molecule has 5 heteroatoms. The Balaban J connectivity index is 1.84. The highest BCUT2D eigenvalue weighted by Gasteiger charge is 2.31. The van der Waals surface area contributed by atoms with Crippen molar-refractivity contribution in [2.45, 2.75) is 33.7 Å². The number of fused-ring (bicyclic) bond motifs is 3. The third kappa shape index (κ3) is 3.15. The number of nitrogens with zero attached hydrogens (tertiary/aromatic N) is 2. The summed E-state index contributed by atoms with van der Waals surface area (Å²) in [4.78, 5) is 12.5. The molecule has 0 bridgehead atoms. The van der Waals surface area contributed by atoms with Crippen LogP contribution in [0.5, 0.6) is 0 Å². The van der Waals surface area contributed by atoms with E-state index in [1.165, 1.54) is 11.1 Å². The smallest absolute Gasteiger partial charge is 0.359 e. The predicted octanol–water partition coefficient (Wildman–Crippen LogP) is 4.95. The first-order valence-electron chi connectivity index (χ1n) is 9.09. The molecule has 0 spiro atoms. The number of halogens is 1. The predicted molar refractivity (Wildman–Crippen MR) is 106 cm³/mol. The summed E-state index contributed by atoms with van der Waals surface area (Å²) in [6.07, 6.45) is 0.671. The standard InChI is InChI=1S/C22H21ClN2O2/c1-4-27-22(26)20-18-10-16-9-14(3)19(23)11-17(16)21(18)25(24-20)12-15-7-5-13(2)6-8-15/h5-9,11H,4,10,12H2,1-3H3. The molecule has 0 unspecified atom stereocenters. The van der Waals surface area contributed by atoms with Crippen LogP contribution in [0.1, 0.15) is 45.2 Å². The van der Waals surface area contributed by atoms with Gasteiger partial charge in [-0.15, -0.1) is 0 Å². The molecule has 1 aliphatic carbocycles. The highest BCUT2D eigenvalue weighted by molar-refractivity contribution is 6.31. The Bertz CT molecular complexity index is 1040. The molecule has 0 N–H and O–H groups in total. The molecule has 0 atom stereocenters. The second kappa shape index (κ2) is 6.86. The number of rotatable bonds is 4. The second-order valence-electron chi connectivity index (χ2n) is 6.97. The van der Waals surface area contributed by atoms with Gasteiger partial charge in [0.25, 0.3) is 0 Å². The second-order valence-corrected chi connectivity index (χ2v) is 7.38. The molecule has 0 fully saturated rings. The first-order valence-corrected chi connectivity index (χ1v) is 9.47. The first kappa shape index (κ1) is 17.8. The molecule has 2 aromatic carbocycles. The molecule has 0 amide bonds. The van der Waals surface area contributed by atoms with E-state index in [0.717, 1.165) is 33.0 Å². The minimum Gasteiger partial charge on any atom is -0.461 e. The Hall–Kier alpha value is -2.59. The van der Waals surface area contributed by atoms with Crippen molar-refractivity contribution in [2.24, 2.45) is 0 Å². The number of benzene rings is 2. The van der Waals surface area contributed by atoms with Gasteiger partial charge in [-0.1, -0.05) is 47.5 Å². The maximum absolute atomic E-state index is 12.5. The van der Waals surface area contributed by atoms with E-state index in [-0.39, 0.29) is 5.97 Å². The number of aryl methyl sites for hydroxylation is 2. The number of ether oxygens (including phenoxy) is 1. The van der Waals surface area contributed by atoms with Gasteiger partial charge in [0.15, 0.2) is 5.69 Å². The van der Waals surface area contributed by atoms with Gasteiger partial charge in [0.05, 0.1) is 18.8 Å². The average molecular weight is 381 g/mol. The van der Waals surface area contributed by atoms with Crippen molar-refractivity contribution in [1.29, 1.82) is 0 Å². The van der Waals surface area contributed by atoms with E-state index in [9.17, 15) is 4.79 Å². The van der Waals surface area contributed by atoms with E-state index in [0.29, 0.717) is 25.3 Å². The van der Waals surface area contributed by atoms with E-state index >= 15 is 0 Å². The Labute approximate surface area is 163 Å². The lowest BCUT2D eigenvalue weighted by Crippen LogP contribution is -2.10. The summed E-state index contributed by atoms with van der Waals surface area (Å²) in [5.74, 6) is -0.368. The summed E-state index contributed by atoms with van der Waals surface area (Å²) < 4.78 is 7.14. The molecule has 0 radical (unpaired) electrons. The van der Waals surface area contributed by atoms with Gasteiger partial charge in [-0.3, -0.25) is 4.68 Å². The van der Waals surface area contributed by atoms with Crippen LogP contribution in [0.4, 0.5) is 0 Å². The fourth-order valence-corrected chi connectivity index (χ4v) is 3.77. The van der Waals surface area contributed by atoms with Crippen molar-refractivity contribution in [2.75, 3.05) is 6.61 Å². The number of hydrogen-bond acceptors (Lipinski definition) is 3. The molecular formula is C22H21ClN2O2.